The van der Waals surface area contributed by atoms with Gasteiger partial charge in [0.05, 0.1) is 17.8 Å². The second-order valence-corrected chi connectivity index (χ2v) is 9.36. The van der Waals surface area contributed by atoms with Crippen molar-refractivity contribution >= 4 is 23.4 Å². The van der Waals surface area contributed by atoms with Gasteiger partial charge in [0.2, 0.25) is 0 Å². The Balaban J connectivity index is 2.20. The molecule has 3 rings (SSSR count). The highest BCUT2D eigenvalue weighted by atomic mass is 16.6. The van der Waals surface area contributed by atoms with Crippen molar-refractivity contribution in [1.29, 1.82) is 0 Å². The quantitative estimate of drug-likeness (QED) is 0.468. The van der Waals surface area contributed by atoms with E-state index in [0.29, 0.717) is 28.6 Å². The number of aromatic carboxylic acids is 1. The number of piperidine rings is 1. The molecule has 2 aromatic heterocycles. The zero-order valence-electron chi connectivity index (χ0n) is 20.1. The lowest BCUT2D eigenvalue weighted by Gasteiger charge is -2.36. The number of esters is 1. The molecule has 1 aliphatic heterocycles. The van der Waals surface area contributed by atoms with Crippen LogP contribution in [0.25, 0.3) is 5.65 Å². The van der Waals surface area contributed by atoms with E-state index in [2.05, 4.69) is 21.6 Å². The Bertz CT molecular complexity index is 1030. The summed E-state index contributed by atoms with van der Waals surface area (Å²) in [6, 6.07) is 1.44. The van der Waals surface area contributed by atoms with Gasteiger partial charge in [0.1, 0.15) is 5.82 Å². The molecule has 1 aliphatic rings. The first-order chi connectivity index (χ1) is 15.6. The number of aromatic nitrogens is 3. The molecular formula is C24H34N4O5. The third-order valence-corrected chi connectivity index (χ3v) is 5.67. The van der Waals surface area contributed by atoms with E-state index in [9.17, 15) is 14.7 Å². The number of rotatable bonds is 8. The monoisotopic (exact) mass is 458 g/mol. The summed E-state index contributed by atoms with van der Waals surface area (Å²) in [6.45, 7) is 14.7. The molecule has 0 aliphatic carbocycles. The Hall–Kier alpha value is -2.94. The molecule has 1 unspecified atom stereocenters. The Labute approximate surface area is 194 Å². The van der Waals surface area contributed by atoms with Gasteiger partial charge in [-0.3, -0.25) is 0 Å². The fourth-order valence-electron chi connectivity index (χ4n) is 4.24. The summed E-state index contributed by atoms with van der Waals surface area (Å²) in [5.41, 5.74) is 0.799. The standard InChI is InChI=1S/C24H34N4O5/c1-7-9-16-10-12-27(13-11-16)21-19(20(23(31)32-8-2)33-24(4,5)6)15(3)25-18-14-17(22(29)30)26-28(18)21/h7,14,16,20H,1,8-13H2,2-6H3,(H,29,30). The summed E-state index contributed by atoms with van der Waals surface area (Å²) in [6.07, 6.45) is 3.77. The number of ether oxygens (including phenoxy) is 2. The molecule has 9 heteroatoms. The number of carbonyl (C=O) groups is 2. The number of aryl methyl sites for hydroxylation is 1. The number of carboxylic acids is 1. The summed E-state index contributed by atoms with van der Waals surface area (Å²) >= 11 is 0. The van der Waals surface area contributed by atoms with Crippen LogP contribution in [0.1, 0.15) is 74.8 Å². The molecule has 9 nitrogen and oxygen atoms in total. The molecule has 3 heterocycles. The first-order valence-electron chi connectivity index (χ1n) is 11.4. The van der Waals surface area contributed by atoms with E-state index in [0.717, 1.165) is 32.4 Å². The van der Waals surface area contributed by atoms with E-state index in [1.54, 1.807) is 13.8 Å². The molecular weight excluding hydrogens is 424 g/mol. The molecule has 1 saturated heterocycles. The van der Waals surface area contributed by atoms with Crippen molar-refractivity contribution in [2.75, 3.05) is 24.6 Å². The third-order valence-electron chi connectivity index (χ3n) is 5.67. The molecule has 33 heavy (non-hydrogen) atoms. The molecule has 0 amide bonds. The SMILES string of the molecule is C=CCC1CCN(c2c(C(OC(C)(C)C)C(=O)OCC)c(C)nc3cc(C(=O)O)nn23)CC1. The van der Waals surface area contributed by atoms with Crippen LogP contribution in [0.5, 0.6) is 0 Å². The van der Waals surface area contributed by atoms with E-state index in [1.807, 2.05) is 26.8 Å². The van der Waals surface area contributed by atoms with Crippen molar-refractivity contribution in [3.63, 3.8) is 0 Å². The Morgan fingerprint density at radius 2 is 2.00 bits per heavy atom. The maximum atomic E-state index is 13.1. The molecule has 2 aromatic rings. The topological polar surface area (TPSA) is 106 Å². The van der Waals surface area contributed by atoms with Crippen LogP contribution in [0, 0.1) is 12.8 Å². The average Bonchev–Trinajstić information content (AvgIpc) is 3.15. The van der Waals surface area contributed by atoms with Gasteiger partial charge in [0.15, 0.2) is 17.4 Å². The maximum absolute atomic E-state index is 13.1. The number of hydrogen-bond acceptors (Lipinski definition) is 7. The lowest BCUT2D eigenvalue weighted by Crippen LogP contribution is -2.38. The van der Waals surface area contributed by atoms with Gasteiger partial charge in [0, 0.05) is 24.8 Å². The Morgan fingerprint density at radius 3 is 2.55 bits per heavy atom. The highest BCUT2D eigenvalue weighted by molar-refractivity contribution is 5.87. The van der Waals surface area contributed by atoms with Gasteiger partial charge in [-0.2, -0.15) is 9.61 Å². The van der Waals surface area contributed by atoms with Crippen LogP contribution < -0.4 is 4.90 Å². The van der Waals surface area contributed by atoms with E-state index in [-0.39, 0.29) is 12.3 Å². The number of hydrogen-bond donors (Lipinski definition) is 1. The summed E-state index contributed by atoms with van der Waals surface area (Å²) in [4.78, 5) is 31.4. The third kappa shape index (κ3) is 5.52. The molecule has 1 fully saturated rings. The van der Waals surface area contributed by atoms with Crippen LogP contribution in [0.4, 0.5) is 5.82 Å². The smallest absolute Gasteiger partial charge is 0.356 e. The van der Waals surface area contributed by atoms with E-state index < -0.39 is 23.6 Å². The van der Waals surface area contributed by atoms with Crippen LogP contribution >= 0.6 is 0 Å². The van der Waals surface area contributed by atoms with Crippen LogP contribution in [0.15, 0.2) is 18.7 Å². The number of carboxylic acid groups (broad SMARTS) is 1. The summed E-state index contributed by atoms with van der Waals surface area (Å²) in [5.74, 6) is -0.475. The van der Waals surface area contributed by atoms with Crippen molar-refractivity contribution < 1.29 is 24.2 Å². The van der Waals surface area contributed by atoms with Crippen molar-refractivity contribution in [2.45, 2.75) is 65.6 Å². The lowest BCUT2D eigenvalue weighted by molar-refractivity contribution is -0.166. The highest BCUT2D eigenvalue weighted by Crippen LogP contribution is 2.37. The zero-order chi connectivity index (χ0) is 24.3. The zero-order valence-corrected chi connectivity index (χ0v) is 20.1. The first kappa shape index (κ1) is 24.7. The maximum Gasteiger partial charge on any atom is 0.356 e. The van der Waals surface area contributed by atoms with E-state index in [4.69, 9.17) is 9.47 Å². The summed E-state index contributed by atoms with van der Waals surface area (Å²) in [5, 5.41) is 13.8. The van der Waals surface area contributed by atoms with Crippen molar-refractivity contribution in [2.24, 2.45) is 5.92 Å². The second-order valence-electron chi connectivity index (χ2n) is 9.36. The summed E-state index contributed by atoms with van der Waals surface area (Å²) in [7, 11) is 0. The molecule has 180 valence electrons. The lowest BCUT2D eigenvalue weighted by atomic mass is 9.93. The molecule has 0 aromatic carbocycles. The minimum absolute atomic E-state index is 0.105. The van der Waals surface area contributed by atoms with E-state index in [1.165, 1.54) is 10.6 Å². The minimum Gasteiger partial charge on any atom is -0.476 e. The van der Waals surface area contributed by atoms with Crippen molar-refractivity contribution in [3.05, 3.63) is 35.7 Å². The van der Waals surface area contributed by atoms with Crippen molar-refractivity contribution in [1.82, 2.24) is 14.6 Å². The molecule has 0 bridgehead atoms. The minimum atomic E-state index is -1.14. The van der Waals surface area contributed by atoms with Gasteiger partial charge >= 0.3 is 11.9 Å². The Morgan fingerprint density at radius 1 is 1.33 bits per heavy atom. The number of anilines is 1. The summed E-state index contributed by atoms with van der Waals surface area (Å²) < 4.78 is 13.1. The molecule has 1 N–H and O–H groups in total. The van der Waals surface area contributed by atoms with Crippen LogP contribution in [-0.2, 0) is 14.3 Å². The predicted octanol–water partition coefficient (Wildman–Crippen LogP) is 3.95. The largest absolute Gasteiger partial charge is 0.476 e. The molecule has 1 atom stereocenters. The number of nitrogens with zero attached hydrogens (tertiary/aromatic N) is 4. The average molecular weight is 459 g/mol. The van der Waals surface area contributed by atoms with Crippen LogP contribution in [0.3, 0.4) is 0 Å². The fourth-order valence-corrected chi connectivity index (χ4v) is 4.24. The van der Waals surface area contributed by atoms with Crippen molar-refractivity contribution in [3.8, 4) is 0 Å². The first-order valence-corrected chi connectivity index (χ1v) is 11.4. The normalized spacial score (nSPS) is 16.1. The van der Waals surface area contributed by atoms with Crippen LogP contribution in [-0.4, -0.2) is 56.9 Å². The molecule has 0 saturated carbocycles. The predicted molar refractivity (Wildman–Crippen MR) is 125 cm³/mol. The second kappa shape index (κ2) is 9.91. The van der Waals surface area contributed by atoms with Gasteiger partial charge in [-0.25, -0.2) is 14.6 Å². The van der Waals surface area contributed by atoms with E-state index >= 15 is 0 Å². The van der Waals surface area contributed by atoms with Gasteiger partial charge in [-0.15, -0.1) is 6.58 Å². The number of allylic oxidation sites excluding steroid dienone is 1. The van der Waals surface area contributed by atoms with Gasteiger partial charge < -0.3 is 19.5 Å². The van der Waals surface area contributed by atoms with Gasteiger partial charge in [0.25, 0.3) is 0 Å². The van der Waals surface area contributed by atoms with Crippen LogP contribution in [0.2, 0.25) is 0 Å². The fraction of sp³-hybridized carbons (Fsp3) is 0.583. The number of carbonyl (C=O) groups excluding carboxylic acids is 1. The number of fused-ring (bicyclic) bond motifs is 1. The molecule has 0 radical (unpaired) electrons. The molecule has 0 spiro atoms. The Kier molecular flexibility index (Phi) is 7.41. The highest BCUT2D eigenvalue weighted by Gasteiger charge is 2.36. The van der Waals surface area contributed by atoms with Gasteiger partial charge in [-0.1, -0.05) is 6.08 Å². The van der Waals surface area contributed by atoms with Gasteiger partial charge in [-0.05, 0) is 59.8 Å².